The molecule has 2 aromatic carbocycles. The van der Waals surface area contributed by atoms with Gasteiger partial charge in [0.1, 0.15) is 11.5 Å². The molecule has 1 amide bonds. The third-order valence-corrected chi connectivity index (χ3v) is 3.84. The molecule has 0 saturated carbocycles. The summed E-state index contributed by atoms with van der Waals surface area (Å²) in [6.07, 6.45) is 1.60. The topological polar surface area (TPSA) is 75.6 Å². The SMILES string of the molecule is Cn1nccc1C(=O)Nc1cccc(-c2nc3ccccc3[nH]2)c1. The molecule has 0 fully saturated rings. The van der Waals surface area contributed by atoms with Crippen LogP contribution in [0.4, 0.5) is 5.69 Å². The summed E-state index contributed by atoms with van der Waals surface area (Å²) in [6, 6.07) is 17.1. The molecule has 24 heavy (non-hydrogen) atoms. The minimum absolute atomic E-state index is 0.197. The maximum atomic E-state index is 12.3. The molecular formula is C18H15N5O. The molecule has 2 N–H and O–H groups in total. The first-order chi connectivity index (χ1) is 11.7. The lowest BCUT2D eigenvalue weighted by molar-refractivity contribution is 0.101. The first-order valence-corrected chi connectivity index (χ1v) is 7.55. The smallest absolute Gasteiger partial charge is 0.273 e. The first kappa shape index (κ1) is 14.2. The van der Waals surface area contributed by atoms with E-state index in [1.165, 1.54) is 0 Å². The second-order valence-corrected chi connectivity index (χ2v) is 5.48. The second kappa shape index (κ2) is 5.66. The van der Waals surface area contributed by atoms with Gasteiger partial charge in [-0.05, 0) is 30.3 Å². The average molecular weight is 317 g/mol. The lowest BCUT2D eigenvalue weighted by Crippen LogP contribution is -2.16. The number of carbonyl (C=O) groups excluding carboxylic acids is 1. The molecule has 0 bridgehead atoms. The summed E-state index contributed by atoms with van der Waals surface area (Å²) in [6.45, 7) is 0. The highest BCUT2D eigenvalue weighted by molar-refractivity contribution is 6.03. The molecule has 6 heteroatoms. The van der Waals surface area contributed by atoms with Crippen molar-refractivity contribution < 1.29 is 4.79 Å². The first-order valence-electron chi connectivity index (χ1n) is 7.55. The summed E-state index contributed by atoms with van der Waals surface area (Å²) in [4.78, 5) is 20.2. The van der Waals surface area contributed by atoms with Crippen molar-refractivity contribution in [2.24, 2.45) is 7.05 Å². The van der Waals surface area contributed by atoms with Gasteiger partial charge in [0, 0.05) is 24.5 Å². The Hall–Kier alpha value is -3.41. The Bertz CT molecular complexity index is 998. The van der Waals surface area contributed by atoms with Crippen LogP contribution in [-0.2, 0) is 7.05 Å². The number of benzene rings is 2. The zero-order chi connectivity index (χ0) is 16.5. The highest BCUT2D eigenvalue weighted by Gasteiger charge is 2.11. The van der Waals surface area contributed by atoms with Gasteiger partial charge in [0.25, 0.3) is 5.91 Å². The minimum Gasteiger partial charge on any atom is -0.338 e. The Morgan fingerprint density at radius 2 is 2.00 bits per heavy atom. The number of aromatic amines is 1. The number of H-pyrrole nitrogens is 1. The molecule has 0 atom stereocenters. The van der Waals surface area contributed by atoms with Gasteiger partial charge in [0.15, 0.2) is 0 Å². The number of imidazole rings is 1. The largest absolute Gasteiger partial charge is 0.338 e. The lowest BCUT2D eigenvalue weighted by Gasteiger charge is -2.06. The number of aryl methyl sites for hydroxylation is 1. The van der Waals surface area contributed by atoms with Gasteiger partial charge in [0.2, 0.25) is 0 Å². The molecule has 0 aliphatic heterocycles. The fraction of sp³-hybridized carbons (Fsp3) is 0.0556. The van der Waals surface area contributed by atoms with Crippen molar-refractivity contribution in [2.45, 2.75) is 0 Å². The highest BCUT2D eigenvalue weighted by atomic mass is 16.2. The van der Waals surface area contributed by atoms with Crippen LogP contribution in [0.1, 0.15) is 10.5 Å². The number of aromatic nitrogens is 4. The predicted octanol–water partition coefficient (Wildman–Crippen LogP) is 3.22. The Morgan fingerprint density at radius 3 is 2.79 bits per heavy atom. The molecule has 2 heterocycles. The summed E-state index contributed by atoms with van der Waals surface area (Å²) >= 11 is 0. The van der Waals surface area contributed by atoms with Gasteiger partial charge in [-0.3, -0.25) is 9.48 Å². The molecule has 0 unspecified atom stereocenters. The van der Waals surface area contributed by atoms with Crippen LogP contribution in [0.2, 0.25) is 0 Å². The fourth-order valence-corrected chi connectivity index (χ4v) is 2.63. The monoisotopic (exact) mass is 317 g/mol. The molecular weight excluding hydrogens is 302 g/mol. The van der Waals surface area contributed by atoms with Crippen LogP contribution in [0.25, 0.3) is 22.4 Å². The van der Waals surface area contributed by atoms with Gasteiger partial charge in [-0.1, -0.05) is 24.3 Å². The molecule has 0 aliphatic rings. The molecule has 0 spiro atoms. The van der Waals surface area contributed by atoms with Gasteiger partial charge < -0.3 is 10.3 Å². The number of rotatable bonds is 3. The number of fused-ring (bicyclic) bond motifs is 1. The predicted molar refractivity (Wildman–Crippen MR) is 92.7 cm³/mol. The molecule has 0 radical (unpaired) electrons. The van der Waals surface area contributed by atoms with Crippen LogP contribution in [0.15, 0.2) is 60.8 Å². The van der Waals surface area contributed by atoms with Crippen LogP contribution in [0.5, 0.6) is 0 Å². The number of nitrogens with zero attached hydrogens (tertiary/aromatic N) is 3. The molecule has 6 nitrogen and oxygen atoms in total. The van der Waals surface area contributed by atoms with E-state index in [1.54, 1.807) is 24.0 Å². The number of nitrogens with one attached hydrogen (secondary N) is 2. The summed E-state index contributed by atoms with van der Waals surface area (Å²) in [5.41, 5.74) is 4.02. The average Bonchev–Trinajstić information content (AvgIpc) is 3.21. The van der Waals surface area contributed by atoms with E-state index < -0.39 is 0 Å². The van der Waals surface area contributed by atoms with E-state index in [2.05, 4.69) is 20.4 Å². The van der Waals surface area contributed by atoms with Gasteiger partial charge in [0.05, 0.1) is 11.0 Å². The number of hydrogen-bond donors (Lipinski definition) is 2. The van der Waals surface area contributed by atoms with Crippen LogP contribution in [0, 0.1) is 0 Å². The van der Waals surface area contributed by atoms with Crippen LogP contribution in [-0.4, -0.2) is 25.7 Å². The van der Waals surface area contributed by atoms with E-state index in [-0.39, 0.29) is 5.91 Å². The van der Waals surface area contributed by atoms with Crippen molar-refractivity contribution in [1.82, 2.24) is 19.7 Å². The van der Waals surface area contributed by atoms with Crippen LogP contribution < -0.4 is 5.32 Å². The maximum Gasteiger partial charge on any atom is 0.273 e. The normalized spacial score (nSPS) is 10.9. The second-order valence-electron chi connectivity index (χ2n) is 5.48. The molecule has 2 aromatic heterocycles. The molecule has 4 rings (SSSR count). The third kappa shape index (κ3) is 2.54. The molecule has 0 saturated heterocycles. The molecule has 0 aliphatic carbocycles. The Kier molecular flexibility index (Phi) is 3.35. The summed E-state index contributed by atoms with van der Waals surface area (Å²) < 4.78 is 1.54. The van der Waals surface area contributed by atoms with Crippen molar-refractivity contribution >= 4 is 22.6 Å². The zero-order valence-electron chi connectivity index (χ0n) is 13.0. The number of amides is 1. The van der Waals surface area contributed by atoms with Gasteiger partial charge in [-0.25, -0.2) is 4.98 Å². The molecule has 4 aromatic rings. The van der Waals surface area contributed by atoms with Crippen molar-refractivity contribution in [2.75, 3.05) is 5.32 Å². The summed E-state index contributed by atoms with van der Waals surface area (Å²) in [5.74, 6) is 0.574. The van der Waals surface area contributed by atoms with Crippen molar-refractivity contribution in [3.63, 3.8) is 0 Å². The van der Waals surface area contributed by atoms with E-state index in [0.29, 0.717) is 11.4 Å². The molecule has 118 valence electrons. The quantitative estimate of drug-likeness (QED) is 0.609. The van der Waals surface area contributed by atoms with Gasteiger partial charge in [-0.2, -0.15) is 5.10 Å². The van der Waals surface area contributed by atoms with Crippen molar-refractivity contribution in [3.05, 3.63) is 66.5 Å². The van der Waals surface area contributed by atoms with E-state index in [4.69, 9.17) is 0 Å². The van der Waals surface area contributed by atoms with Crippen molar-refractivity contribution in [1.29, 1.82) is 0 Å². The standard InChI is InChI=1S/C18H15N5O/c1-23-16(9-10-19-23)18(24)20-13-6-4-5-12(11-13)17-21-14-7-2-3-8-15(14)22-17/h2-11H,1H3,(H,20,24)(H,21,22). The third-order valence-electron chi connectivity index (χ3n) is 3.84. The number of para-hydroxylation sites is 2. The van der Waals surface area contributed by atoms with Crippen LogP contribution in [0.3, 0.4) is 0 Å². The van der Waals surface area contributed by atoms with Gasteiger partial charge >= 0.3 is 0 Å². The maximum absolute atomic E-state index is 12.3. The Labute approximate surface area is 138 Å². The Morgan fingerprint density at radius 1 is 1.12 bits per heavy atom. The zero-order valence-corrected chi connectivity index (χ0v) is 13.0. The van der Waals surface area contributed by atoms with E-state index >= 15 is 0 Å². The fourth-order valence-electron chi connectivity index (χ4n) is 2.63. The van der Waals surface area contributed by atoms with E-state index in [0.717, 1.165) is 22.4 Å². The van der Waals surface area contributed by atoms with Crippen LogP contribution >= 0.6 is 0 Å². The lowest BCUT2D eigenvalue weighted by atomic mass is 10.2. The number of hydrogen-bond acceptors (Lipinski definition) is 3. The van der Waals surface area contributed by atoms with Gasteiger partial charge in [-0.15, -0.1) is 0 Å². The highest BCUT2D eigenvalue weighted by Crippen LogP contribution is 2.23. The summed E-state index contributed by atoms with van der Waals surface area (Å²) in [7, 11) is 1.74. The number of anilines is 1. The van der Waals surface area contributed by atoms with E-state index in [1.807, 2.05) is 48.5 Å². The Balaban J connectivity index is 1.64. The minimum atomic E-state index is -0.197. The number of carbonyl (C=O) groups is 1. The van der Waals surface area contributed by atoms with Crippen molar-refractivity contribution in [3.8, 4) is 11.4 Å². The van der Waals surface area contributed by atoms with E-state index in [9.17, 15) is 4.79 Å². The summed E-state index contributed by atoms with van der Waals surface area (Å²) in [5, 5.41) is 6.90.